The van der Waals surface area contributed by atoms with Crippen LogP contribution in [0.1, 0.15) is 15.9 Å². The van der Waals surface area contributed by atoms with Gasteiger partial charge in [0.15, 0.2) is 9.84 Å². The second-order valence-electron chi connectivity index (χ2n) is 8.93. The minimum Gasteiger partial charge on any atom is -0.371 e. The van der Waals surface area contributed by atoms with Crippen molar-refractivity contribution >= 4 is 21.4 Å². The fraction of sp³-hybridized carbons (Fsp3) is 0.296. The molecule has 1 fully saturated rings. The highest BCUT2D eigenvalue weighted by Gasteiger charge is 2.27. The maximum Gasteiger partial charge on any atom is 0.261 e. The van der Waals surface area contributed by atoms with Crippen molar-refractivity contribution in [2.75, 3.05) is 43.9 Å². The van der Waals surface area contributed by atoms with E-state index in [4.69, 9.17) is 4.74 Å². The molecule has 0 N–H and O–H groups in total. The summed E-state index contributed by atoms with van der Waals surface area (Å²) in [7, 11) is -3.62. The van der Waals surface area contributed by atoms with Gasteiger partial charge < -0.3 is 14.5 Å². The van der Waals surface area contributed by atoms with Gasteiger partial charge in [0.05, 0.1) is 17.2 Å². The van der Waals surface area contributed by atoms with Gasteiger partial charge in [-0.05, 0) is 41.5 Å². The number of carbonyl (C=O) groups is 1. The first kappa shape index (κ1) is 27.6. The van der Waals surface area contributed by atoms with Gasteiger partial charge >= 0.3 is 0 Å². The molecule has 1 heterocycles. The van der Waals surface area contributed by atoms with Crippen molar-refractivity contribution < 1.29 is 35.5 Å². The second-order valence-corrected chi connectivity index (χ2v) is 10.9. The molecule has 0 bridgehead atoms. The van der Waals surface area contributed by atoms with E-state index < -0.39 is 40.4 Å². The number of hydrogen-bond donors (Lipinski definition) is 0. The molecule has 1 saturated heterocycles. The highest BCUT2D eigenvalue weighted by molar-refractivity contribution is 7.90. The molecule has 0 atom stereocenters. The summed E-state index contributed by atoms with van der Waals surface area (Å²) in [6.45, 7) is 0.163. The average Bonchev–Trinajstić information content (AvgIpc) is 2.88. The van der Waals surface area contributed by atoms with Crippen LogP contribution >= 0.6 is 0 Å². The summed E-state index contributed by atoms with van der Waals surface area (Å²) in [4.78, 5) is 16.8. The molecule has 0 aliphatic carbocycles. The van der Waals surface area contributed by atoms with Crippen LogP contribution in [0.3, 0.4) is 0 Å². The van der Waals surface area contributed by atoms with Crippen LogP contribution < -0.4 is 4.90 Å². The van der Waals surface area contributed by atoms with Crippen LogP contribution in [0.25, 0.3) is 11.1 Å². The lowest BCUT2D eigenvalue weighted by Crippen LogP contribution is -2.49. The molecule has 1 aliphatic heterocycles. The Morgan fingerprint density at radius 2 is 1.63 bits per heavy atom. The van der Waals surface area contributed by atoms with Crippen LogP contribution in [0.4, 0.5) is 23.2 Å². The van der Waals surface area contributed by atoms with Gasteiger partial charge in [-0.15, -0.1) is 0 Å². The van der Waals surface area contributed by atoms with Crippen LogP contribution in [0, 0.1) is 11.6 Å². The number of amides is 1. The van der Waals surface area contributed by atoms with Crippen LogP contribution in [0.15, 0.2) is 65.6 Å². The number of sulfone groups is 1. The van der Waals surface area contributed by atoms with Crippen LogP contribution in [0.5, 0.6) is 0 Å². The maximum absolute atomic E-state index is 14.8. The molecule has 202 valence electrons. The van der Waals surface area contributed by atoms with Gasteiger partial charge in [-0.1, -0.05) is 30.3 Å². The third-order valence-electron chi connectivity index (χ3n) is 6.25. The van der Waals surface area contributed by atoms with Gasteiger partial charge in [-0.25, -0.2) is 26.0 Å². The number of alkyl halides is 2. The summed E-state index contributed by atoms with van der Waals surface area (Å²) >= 11 is 0. The van der Waals surface area contributed by atoms with Crippen molar-refractivity contribution in [3.63, 3.8) is 0 Å². The standard InChI is InChI=1S/C27H26F4N2O4S/c1-38(35,36)19-7-8-20(21-4-2-3-5-23(21)28)22(15-19)27(34)33-12-10-32(11-13-33)25-9-6-18(14-24(25)29)16-37-17-26(30)31/h2-9,14-15,26H,10-13,16-17H2,1H3. The van der Waals surface area contributed by atoms with E-state index in [1.807, 2.05) is 0 Å². The third-order valence-corrected chi connectivity index (χ3v) is 7.36. The molecule has 3 aromatic carbocycles. The van der Waals surface area contributed by atoms with Gasteiger partial charge in [-0.2, -0.15) is 0 Å². The molecule has 4 rings (SSSR count). The van der Waals surface area contributed by atoms with E-state index in [1.54, 1.807) is 23.1 Å². The first-order chi connectivity index (χ1) is 18.0. The normalized spacial score (nSPS) is 14.3. The SMILES string of the molecule is CS(=O)(=O)c1ccc(-c2ccccc2F)c(C(=O)N2CCN(c3ccc(COCC(F)F)cc3F)CC2)c1. The van der Waals surface area contributed by atoms with Gasteiger partial charge in [0.2, 0.25) is 0 Å². The van der Waals surface area contributed by atoms with Gasteiger partial charge in [0.1, 0.15) is 18.2 Å². The Hall–Kier alpha value is -3.44. The van der Waals surface area contributed by atoms with Gasteiger partial charge in [0, 0.05) is 43.6 Å². The summed E-state index contributed by atoms with van der Waals surface area (Å²) in [5.41, 5.74) is 1.24. The Bertz CT molecular complexity index is 1420. The molecule has 0 unspecified atom stereocenters. The lowest BCUT2D eigenvalue weighted by atomic mass is 9.98. The summed E-state index contributed by atoms with van der Waals surface area (Å²) < 4.78 is 83.0. The van der Waals surface area contributed by atoms with Crippen molar-refractivity contribution in [3.8, 4) is 11.1 Å². The maximum atomic E-state index is 14.8. The van der Waals surface area contributed by atoms with Crippen molar-refractivity contribution in [1.29, 1.82) is 0 Å². The second kappa shape index (κ2) is 11.5. The molecule has 1 aliphatic rings. The van der Waals surface area contributed by atoms with E-state index >= 15 is 0 Å². The minimum absolute atomic E-state index is 0.0562. The Morgan fingerprint density at radius 3 is 2.26 bits per heavy atom. The van der Waals surface area contributed by atoms with E-state index in [0.717, 1.165) is 6.26 Å². The summed E-state index contributed by atoms with van der Waals surface area (Å²) in [5.74, 6) is -1.54. The highest BCUT2D eigenvalue weighted by atomic mass is 32.2. The van der Waals surface area contributed by atoms with Crippen molar-refractivity contribution in [2.24, 2.45) is 0 Å². The quantitative estimate of drug-likeness (QED) is 0.378. The molecule has 38 heavy (non-hydrogen) atoms. The number of ether oxygens (including phenoxy) is 1. The lowest BCUT2D eigenvalue weighted by Gasteiger charge is -2.36. The molecule has 1 amide bonds. The Balaban J connectivity index is 1.52. The van der Waals surface area contributed by atoms with Crippen LogP contribution in [-0.2, 0) is 21.2 Å². The van der Waals surface area contributed by atoms with Crippen LogP contribution in [-0.4, -0.2) is 64.7 Å². The number of anilines is 1. The van der Waals surface area contributed by atoms with Crippen molar-refractivity contribution in [1.82, 2.24) is 4.90 Å². The van der Waals surface area contributed by atoms with Crippen molar-refractivity contribution in [3.05, 3.63) is 83.4 Å². The van der Waals surface area contributed by atoms with E-state index in [2.05, 4.69) is 0 Å². The molecule has 0 spiro atoms. The zero-order valence-electron chi connectivity index (χ0n) is 20.5. The number of hydrogen-bond acceptors (Lipinski definition) is 5. The zero-order valence-corrected chi connectivity index (χ0v) is 21.4. The summed E-state index contributed by atoms with van der Waals surface area (Å²) in [6, 6.07) is 14.3. The molecule has 6 nitrogen and oxygen atoms in total. The molecule has 0 aromatic heterocycles. The first-order valence-corrected chi connectivity index (χ1v) is 13.7. The lowest BCUT2D eigenvalue weighted by molar-refractivity contribution is 0.00982. The monoisotopic (exact) mass is 550 g/mol. The molecule has 3 aromatic rings. The summed E-state index contributed by atoms with van der Waals surface area (Å²) in [6.07, 6.45) is -1.57. The zero-order chi connectivity index (χ0) is 27.4. The number of carbonyl (C=O) groups excluding carboxylic acids is 1. The Morgan fingerprint density at radius 1 is 0.921 bits per heavy atom. The molecule has 0 saturated carbocycles. The van der Waals surface area contributed by atoms with Gasteiger partial charge in [-0.3, -0.25) is 4.79 Å². The molecule has 0 radical (unpaired) electrons. The predicted molar refractivity (Wildman–Crippen MR) is 135 cm³/mol. The predicted octanol–water partition coefficient (Wildman–Crippen LogP) is 4.78. The number of piperazine rings is 1. The molecular formula is C27H26F4N2O4S. The molecule has 11 heteroatoms. The third kappa shape index (κ3) is 6.33. The average molecular weight is 551 g/mol. The first-order valence-electron chi connectivity index (χ1n) is 11.8. The largest absolute Gasteiger partial charge is 0.371 e. The Labute approximate surface area is 218 Å². The van der Waals surface area contributed by atoms with Crippen LogP contribution in [0.2, 0.25) is 0 Å². The fourth-order valence-corrected chi connectivity index (χ4v) is 4.98. The highest BCUT2D eigenvalue weighted by Crippen LogP contribution is 2.30. The number of benzene rings is 3. The Kier molecular flexibility index (Phi) is 8.37. The van der Waals surface area contributed by atoms with Gasteiger partial charge in [0.25, 0.3) is 12.3 Å². The van der Waals surface area contributed by atoms with Crippen molar-refractivity contribution in [2.45, 2.75) is 17.9 Å². The number of halogens is 4. The minimum atomic E-state index is -3.62. The van der Waals surface area contributed by atoms with E-state index in [0.29, 0.717) is 24.3 Å². The van der Waals surface area contributed by atoms with E-state index in [-0.39, 0.29) is 41.3 Å². The topological polar surface area (TPSA) is 66.9 Å². The number of nitrogens with zero attached hydrogens (tertiary/aromatic N) is 2. The van der Waals surface area contributed by atoms with E-state index in [9.17, 15) is 30.8 Å². The van der Waals surface area contributed by atoms with E-state index in [1.165, 1.54) is 47.4 Å². The summed E-state index contributed by atoms with van der Waals surface area (Å²) in [5, 5.41) is 0. The fourth-order valence-electron chi connectivity index (χ4n) is 4.33. The number of rotatable bonds is 8. The smallest absolute Gasteiger partial charge is 0.261 e. The molecular weight excluding hydrogens is 524 g/mol.